The van der Waals surface area contributed by atoms with Crippen LogP contribution in [0.3, 0.4) is 0 Å². The van der Waals surface area contributed by atoms with Gasteiger partial charge in [0.2, 0.25) is 5.91 Å². The smallest absolute Gasteiger partial charge is 0.223 e. The third-order valence-electron chi connectivity index (χ3n) is 6.48. The summed E-state index contributed by atoms with van der Waals surface area (Å²) in [5, 5.41) is 10.9. The Morgan fingerprint density at radius 3 is 2.37 bits per heavy atom. The highest BCUT2D eigenvalue weighted by Crippen LogP contribution is 2.32. The van der Waals surface area contributed by atoms with Crippen molar-refractivity contribution in [3.05, 3.63) is 53.2 Å². The molecule has 1 atom stereocenters. The van der Waals surface area contributed by atoms with E-state index in [1.807, 2.05) is 12.1 Å². The molecule has 1 saturated heterocycles. The minimum atomic E-state index is -0.980. The van der Waals surface area contributed by atoms with E-state index in [1.165, 1.54) is 56.3 Å². The van der Waals surface area contributed by atoms with E-state index in [0.29, 0.717) is 13.0 Å². The average Bonchev–Trinajstić information content (AvgIpc) is 2.63. The van der Waals surface area contributed by atoms with E-state index in [2.05, 4.69) is 23.1 Å². The van der Waals surface area contributed by atoms with Gasteiger partial charge in [0.05, 0.1) is 0 Å². The summed E-state index contributed by atoms with van der Waals surface area (Å²) < 4.78 is 0. The van der Waals surface area contributed by atoms with Crippen molar-refractivity contribution in [2.24, 2.45) is 0 Å². The normalized spacial score (nSPS) is 26.7. The highest BCUT2D eigenvalue weighted by atomic mass is 16.3. The first kappa shape index (κ1) is 18.5. The summed E-state index contributed by atoms with van der Waals surface area (Å²) in [6.45, 7) is 4.50. The highest BCUT2D eigenvalue weighted by Gasteiger charge is 2.30. The Hall–Kier alpha value is -1.91. The number of likely N-dealkylation sites (tertiary alicyclic amines) is 1. The predicted molar refractivity (Wildman–Crippen MR) is 108 cm³/mol. The quantitative estimate of drug-likeness (QED) is 0.888. The van der Waals surface area contributed by atoms with E-state index in [-0.39, 0.29) is 5.91 Å². The summed E-state index contributed by atoms with van der Waals surface area (Å²) in [7, 11) is 0. The third-order valence-corrected chi connectivity index (χ3v) is 6.48. The number of rotatable bonds is 3. The molecule has 0 spiro atoms. The standard InChI is InChI=1S/C23H30N2O2/c1-18(26)24-15-11-23(27,12-16-24)21-7-5-19(6-8-21)17-20-9-13-25(14-10-20)22-3-2-4-22/h5-8,11,15,17,22,27H,2-4,9-10,12-14,16H2,1H3. The molecule has 0 bridgehead atoms. The minimum Gasteiger partial charge on any atom is -0.381 e. The first-order valence-electron chi connectivity index (χ1n) is 10.3. The van der Waals surface area contributed by atoms with Gasteiger partial charge in [0.25, 0.3) is 0 Å². The Kier molecular flexibility index (Phi) is 5.20. The van der Waals surface area contributed by atoms with Crippen molar-refractivity contribution in [1.82, 2.24) is 9.80 Å². The van der Waals surface area contributed by atoms with Crippen LogP contribution in [0.5, 0.6) is 0 Å². The van der Waals surface area contributed by atoms with Crippen molar-refractivity contribution in [3.8, 4) is 0 Å². The molecule has 0 radical (unpaired) electrons. The average molecular weight is 367 g/mol. The topological polar surface area (TPSA) is 43.8 Å². The van der Waals surface area contributed by atoms with Crippen LogP contribution in [0.2, 0.25) is 0 Å². The number of piperidine rings is 1. The largest absolute Gasteiger partial charge is 0.381 e. The predicted octanol–water partition coefficient (Wildman–Crippen LogP) is 3.67. The molecule has 4 heteroatoms. The van der Waals surface area contributed by atoms with E-state index in [9.17, 15) is 9.90 Å². The fourth-order valence-electron chi connectivity index (χ4n) is 4.34. The van der Waals surface area contributed by atoms with Crippen molar-refractivity contribution >= 4 is 12.0 Å². The van der Waals surface area contributed by atoms with E-state index < -0.39 is 5.60 Å². The molecule has 1 aromatic rings. The number of hydrogen-bond donors (Lipinski definition) is 1. The fraction of sp³-hybridized carbons (Fsp3) is 0.522. The lowest BCUT2D eigenvalue weighted by Crippen LogP contribution is -2.43. The summed E-state index contributed by atoms with van der Waals surface area (Å²) >= 11 is 0. The van der Waals surface area contributed by atoms with Gasteiger partial charge in [-0.15, -0.1) is 0 Å². The van der Waals surface area contributed by atoms with Gasteiger partial charge in [-0.3, -0.25) is 9.69 Å². The number of carbonyl (C=O) groups is 1. The van der Waals surface area contributed by atoms with Crippen molar-refractivity contribution in [2.45, 2.75) is 57.1 Å². The van der Waals surface area contributed by atoms with Gasteiger partial charge in [-0.05, 0) is 42.9 Å². The fourth-order valence-corrected chi connectivity index (χ4v) is 4.34. The first-order chi connectivity index (χ1) is 13.0. The zero-order valence-corrected chi connectivity index (χ0v) is 16.2. The lowest BCUT2D eigenvalue weighted by Gasteiger charge is -2.40. The van der Waals surface area contributed by atoms with Gasteiger partial charge in [-0.2, -0.15) is 0 Å². The first-order valence-corrected chi connectivity index (χ1v) is 10.3. The molecule has 1 aromatic carbocycles. The van der Waals surface area contributed by atoms with Gasteiger partial charge >= 0.3 is 0 Å². The summed E-state index contributed by atoms with van der Waals surface area (Å²) in [6, 6.07) is 9.09. The molecule has 1 unspecified atom stereocenters. The molecule has 27 heavy (non-hydrogen) atoms. The van der Waals surface area contributed by atoms with E-state index >= 15 is 0 Å². The van der Waals surface area contributed by atoms with Crippen molar-refractivity contribution in [2.75, 3.05) is 19.6 Å². The van der Waals surface area contributed by atoms with Crippen molar-refractivity contribution in [3.63, 3.8) is 0 Å². The molecule has 4 rings (SSSR count). The maximum Gasteiger partial charge on any atom is 0.223 e. The Morgan fingerprint density at radius 1 is 1.15 bits per heavy atom. The molecule has 2 fully saturated rings. The van der Waals surface area contributed by atoms with Gasteiger partial charge in [0.15, 0.2) is 0 Å². The summed E-state index contributed by atoms with van der Waals surface area (Å²) in [6.07, 6.45) is 12.8. The monoisotopic (exact) mass is 366 g/mol. The van der Waals surface area contributed by atoms with Crippen LogP contribution in [0.15, 0.2) is 42.1 Å². The second-order valence-electron chi connectivity index (χ2n) is 8.25. The van der Waals surface area contributed by atoms with Crippen LogP contribution in [0.25, 0.3) is 6.08 Å². The zero-order valence-electron chi connectivity index (χ0n) is 16.2. The lowest BCUT2D eigenvalue weighted by atomic mass is 9.87. The lowest BCUT2D eigenvalue weighted by molar-refractivity contribution is -0.127. The molecule has 4 nitrogen and oxygen atoms in total. The van der Waals surface area contributed by atoms with Gasteiger partial charge < -0.3 is 10.0 Å². The number of amides is 1. The summed E-state index contributed by atoms with van der Waals surface area (Å²) in [5.41, 5.74) is 2.65. The maximum atomic E-state index is 11.4. The van der Waals surface area contributed by atoms with Crippen LogP contribution in [0.1, 0.15) is 56.6 Å². The summed E-state index contributed by atoms with van der Waals surface area (Å²) in [4.78, 5) is 15.7. The van der Waals surface area contributed by atoms with Gasteiger partial charge in [0, 0.05) is 45.2 Å². The van der Waals surface area contributed by atoms with Crippen molar-refractivity contribution in [1.29, 1.82) is 0 Å². The molecule has 2 aliphatic heterocycles. The van der Waals surface area contributed by atoms with Crippen molar-refractivity contribution < 1.29 is 9.90 Å². The number of carbonyl (C=O) groups excluding carboxylic acids is 1. The van der Waals surface area contributed by atoms with Gasteiger partial charge in [0.1, 0.15) is 5.60 Å². The molecule has 144 valence electrons. The molecular formula is C23H30N2O2. The van der Waals surface area contributed by atoms with E-state index in [0.717, 1.165) is 11.6 Å². The second kappa shape index (κ2) is 7.61. The molecule has 1 N–H and O–H groups in total. The van der Waals surface area contributed by atoms with Crippen LogP contribution in [0.4, 0.5) is 0 Å². The van der Waals surface area contributed by atoms with Crippen LogP contribution >= 0.6 is 0 Å². The number of hydrogen-bond acceptors (Lipinski definition) is 3. The highest BCUT2D eigenvalue weighted by molar-refractivity contribution is 5.74. The van der Waals surface area contributed by atoms with Gasteiger partial charge in [-0.25, -0.2) is 0 Å². The van der Waals surface area contributed by atoms with Gasteiger partial charge in [-0.1, -0.05) is 42.3 Å². The van der Waals surface area contributed by atoms with E-state index in [4.69, 9.17) is 0 Å². The molecule has 3 aliphatic rings. The van der Waals surface area contributed by atoms with Crippen LogP contribution in [-0.2, 0) is 10.4 Å². The number of nitrogens with zero attached hydrogens (tertiary/aromatic N) is 2. The molecular weight excluding hydrogens is 336 g/mol. The summed E-state index contributed by atoms with van der Waals surface area (Å²) in [5.74, 6) is 0.0126. The molecule has 0 aromatic heterocycles. The number of benzene rings is 1. The van der Waals surface area contributed by atoms with Crippen LogP contribution in [-0.4, -0.2) is 46.5 Å². The second-order valence-corrected chi connectivity index (χ2v) is 8.25. The molecule has 1 saturated carbocycles. The SMILES string of the molecule is CC(=O)N1C=CC(O)(c2ccc(C=C3CCN(C4CCC4)CC3)cc2)CC1. The van der Waals surface area contributed by atoms with E-state index in [1.54, 1.807) is 24.1 Å². The molecule has 1 aliphatic carbocycles. The Morgan fingerprint density at radius 2 is 1.85 bits per heavy atom. The van der Waals surface area contributed by atoms with Crippen LogP contribution in [0, 0.1) is 0 Å². The minimum absolute atomic E-state index is 0.0126. The Balaban J connectivity index is 1.39. The zero-order chi connectivity index (χ0) is 18.9. The Bertz CT molecular complexity index is 738. The molecule has 1 amide bonds. The maximum absolute atomic E-state index is 11.4. The Labute approximate surface area is 162 Å². The molecule has 2 heterocycles. The number of aliphatic hydroxyl groups is 1. The van der Waals surface area contributed by atoms with Crippen LogP contribution < -0.4 is 0 Å². The third kappa shape index (κ3) is 4.02.